The van der Waals surface area contributed by atoms with Crippen LogP contribution >= 0.6 is 0 Å². The summed E-state index contributed by atoms with van der Waals surface area (Å²) >= 11 is 0. The first-order valence-corrected chi connectivity index (χ1v) is 5.44. The molecule has 1 heterocycles. The van der Waals surface area contributed by atoms with E-state index in [1.165, 1.54) is 12.1 Å². The highest BCUT2D eigenvalue weighted by Crippen LogP contribution is 2.07. The largest absolute Gasteiger partial charge is 0.467 e. The molecule has 0 aliphatic heterocycles. The zero-order chi connectivity index (χ0) is 11.9. The molecular weight excluding hydrogens is 221 g/mol. The van der Waals surface area contributed by atoms with Crippen LogP contribution in [0.25, 0.3) is 0 Å². The molecule has 0 bridgehead atoms. The Bertz CT molecular complexity index is 425. The molecule has 3 nitrogen and oxygen atoms in total. The van der Waals surface area contributed by atoms with Gasteiger partial charge in [0.25, 0.3) is 0 Å². The first-order valence-electron chi connectivity index (χ1n) is 5.44. The molecule has 90 valence electrons. The summed E-state index contributed by atoms with van der Waals surface area (Å²) in [6.45, 7) is 1.71. The summed E-state index contributed by atoms with van der Waals surface area (Å²) in [6.07, 6.45) is 1.62. The van der Waals surface area contributed by atoms with Gasteiger partial charge in [0, 0.05) is 12.2 Å². The summed E-state index contributed by atoms with van der Waals surface area (Å²) in [5.74, 6) is 0.580. The number of nitrogens with one attached hydrogen (secondary N) is 1. The van der Waals surface area contributed by atoms with Crippen LogP contribution in [0.5, 0.6) is 0 Å². The number of ether oxygens (including phenoxy) is 1. The molecule has 0 radical (unpaired) electrons. The van der Waals surface area contributed by atoms with Crippen molar-refractivity contribution in [3.63, 3.8) is 0 Å². The number of furan rings is 1. The second-order valence-electron chi connectivity index (χ2n) is 3.57. The summed E-state index contributed by atoms with van der Waals surface area (Å²) in [5, 5.41) is 3.13. The lowest BCUT2D eigenvalue weighted by molar-refractivity contribution is 0.115. The van der Waals surface area contributed by atoms with Gasteiger partial charge in [-0.1, -0.05) is 0 Å². The summed E-state index contributed by atoms with van der Waals surface area (Å²) in [5.41, 5.74) is 0.882. The minimum Gasteiger partial charge on any atom is -0.467 e. The van der Waals surface area contributed by atoms with Crippen LogP contribution in [0.2, 0.25) is 0 Å². The second kappa shape index (κ2) is 6.06. The Kier molecular flexibility index (Phi) is 4.16. The molecule has 1 aromatic heterocycles. The third-order valence-electron chi connectivity index (χ3n) is 2.24. The Labute approximate surface area is 99.2 Å². The van der Waals surface area contributed by atoms with Gasteiger partial charge in [0.1, 0.15) is 18.2 Å². The van der Waals surface area contributed by atoms with Gasteiger partial charge in [-0.2, -0.15) is 0 Å². The Morgan fingerprint density at radius 1 is 1.18 bits per heavy atom. The molecular formula is C13H14FNO2. The predicted octanol–water partition coefficient (Wildman–Crippen LogP) is 3.05. The monoisotopic (exact) mass is 235 g/mol. The predicted molar refractivity (Wildman–Crippen MR) is 63.3 cm³/mol. The summed E-state index contributed by atoms with van der Waals surface area (Å²) in [6, 6.07) is 9.94. The minimum atomic E-state index is -0.232. The van der Waals surface area contributed by atoms with Crippen molar-refractivity contribution in [3.8, 4) is 0 Å². The smallest absolute Gasteiger partial charge is 0.129 e. The molecule has 0 aliphatic carbocycles. The average molecular weight is 235 g/mol. The summed E-state index contributed by atoms with van der Waals surface area (Å²) in [4.78, 5) is 0. The molecule has 17 heavy (non-hydrogen) atoms. The third-order valence-corrected chi connectivity index (χ3v) is 2.24. The van der Waals surface area contributed by atoms with Gasteiger partial charge in [0.15, 0.2) is 0 Å². The van der Waals surface area contributed by atoms with Gasteiger partial charge >= 0.3 is 0 Å². The number of hydrogen-bond donors (Lipinski definition) is 1. The molecule has 0 amide bonds. The van der Waals surface area contributed by atoms with E-state index in [0.717, 1.165) is 11.4 Å². The molecule has 2 rings (SSSR count). The Balaban J connectivity index is 1.61. The Hall–Kier alpha value is -1.81. The fraction of sp³-hybridized carbons (Fsp3) is 0.231. The first kappa shape index (κ1) is 11.7. The van der Waals surface area contributed by atoms with Crippen molar-refractivity contribution < 1.29 is 13.5 Å². The molecule has 0 spiro atoms. The van der Waals surface area contributed by atoms with Gasteiger partial charge < -0.3 is 14.5 Å². The van der Waals surface area contributed by atoms with Crippen LogP contribution in [0.3, 0.4) is 0 Å². The van der Waals surface area contributed by atoms with Crippen molar-refractivity contribution in [2.45, 2.75) is 6.61 Å². The van der Waals surface area contributed by atoms with Gasteiger partial charge in [-0.25, -0.2) is 4.39 Å². The molecule has 1 aromatic carbocycles. The highest BCUT2D eigenvalue weighted by molar-refractivity contribution is 5.42. The van der Waals surface area contributed by atoms with E-state index in [-0.39, 0.29) is 5.82 Å². The lowest BCUT2D eigenvalue weighted by atomic mass is 10.3. The zero-order valence-corrected chi connectivity index (χ0v) is 9.36. The first-order chi connectivity index (χ1) is 8.34. The maximum absolute atomic E-state index is 12.6. The molecule has 0 unspecified atom stereocenters. The van der Waals surface area contributed by atoms with Crippen LogP contribution in [0.15, 0.2) is 47.1 Å². The number of hydrogen-bond acceptors (Lipinski definition) is 3. The van der Waals surface area contributed by atoms with Crippen LogP contribution in [-0.4, -0.2) is 13.2 Å². The van der Waals surface area contributed by atoms with Crippen LogP contribution in [0.4, 0.5) is 10.1 Å². The zero-order valence-electron chi connectivity index (χ0n) is 9.36. The fourth-order valence-corrected chi connectivity index (χ4v) is 1.40. The highest BCUT2D eigenvalue weighted by atomic mass is 19.1. The van der Waals surface area contributed by atoms with Crippen LogP contribution < -0.4 is 5.32 Å². The van der Waals surface area contributed by atoms with Gasteiger partial charge in [-0.3, -0.25) is 0 Å². The summed E-state index contributed by atoms with van der Waals surface area (Å²) < 4.78 is 23.1. The van der Waals surface area contributed by atoms with E-state index < -0.39 is 0 Å². The second-order valence-corrected chi connectivity index (χ2v) is 3.57. The molecule has 0 saturated carbocycles. The minimum absolute atomic E-state index is 0.232. The van der Waals surface area contributed by atoms with Crippen LogP contribution in [-0.2, 0) is 11.3 Å². The van der Waals surface area contributed by atoms with Gasteiger partial charge in [0.05, 0.1) is 12.9 Å². The summed E-state index contributed by atoms with van der Waals surface area (Å²) in [7, 11) is 0. The van der Waals surface area contributed by atoms with E-state index in [1.54, 1.807) is 18.4 Å². The van der Waals surface area contributed by atoms with Crippen LogP contribution in [0, 0.1) is 5.82 Å². The molecule has 0 saturated heterocycles. The molecule has 2 aromatic rings. The number of halogens is 1. The number of anilines is 1. The van der Waals surface area contributed by atoms with E-state index in [4.69, 9.17) is 9.15 Å². The van der Waals surface area contributed by atoms with Gasteiger partial charge in [-0.05, 0) is 36.4 Å². The van der Waals surface area contributed by atoms with Crippen molar-refractivity contribution in [1.82, 2.24) is 0 Å². The Morgan fingerprint density at radius 2 is 2.00 bits per heavy atom. The topological polar surface area (TPSA) is 34.4 Å². The standard InChI is InChI=1S/C13H14FNO2/c14-11-3-5-12(6-4-11)15-7-9-16-10-13-2-1-8-17-13/h1-6,8,15H,7,9-10H2. The highest BCUT2D eigenvalue weighted by Gasteiger charge is 1.96. The average Bonchev–Trinajstić information content (AvgIpc) is 2.84. The molecule has 0 atom stereocenters. The number of benzene rings is 1. The van der Waals surface area contributed by atoms with E-state index >= 15 is 0 Å². The van der Waals surface area contributed by atoms with E-state index in [9.17, 15) is 4.39 Å². The lowest BCUT2D eigenvalue weighted by Gasteiger charge is -2.06. The fourth-order valence-electron chi connectivity index (χ4n) is 1.40. The van der Waals surface area contributed by atoms with Crippen molar-refractivity contribution in [1.29, 1.82) is 0 Å². The van der Waals surface area contributed by atoms with Gasteiger partial charge in [-0.15, -0.1) is 0 Å². The molecule has 0 aliphatic rings. The van der Waals surface area contributed by atoms with Crippen molar-refractivity contribution in [3.05, 3.63) is 54.2 Å². The third kappa shape index (κ3) is 3.92. The quantitative estimate of drug-likeness (QED) is 0.781. The molecule has 1 N–H and O–H groups in total. The van der Waals surface area contributed by atoms with Crippen molar-refractivity contribution >= 4 is 5.69 Å². The van der Waals surface area contributed by atoms with Crippen molar-refractivity contribution in [2.75, 3.05) is 18.5 Å². The molecule has 4 heteroatoms. The van der Waals surface area contributed by atoms with Crippen LogP contribution in [0.1, 0.15) is 5.76 Å². The van der Waals surface area contributed by atoms with Crippen molar-refractivity contribution in [2.24, 2.45) is 0 Å². The molecule has 0 fully saturated rings. The normalized spacial score (nSPS) is 10.4. The number of rotatable bonds is 6. The maximum atomic E-state index is 12.6. The Morgan fingerprint density at radius 3 is 2.71 bits per heavy atom. The maximum Gasteiger partial charge on any atom is 0.129 e. The van der Waals surface area contributed by atoms with Gasteiger partial charge in [0.2, 0.25) is 0 Å². The van der Waals surface area contributed by atoms with E-state index in [0.29, 0.717) is 19.8 Å². The lowest BCUT2D eigenvalue weighted by Crippen LogP contribution is -2.09. The van der Waals surface area contributed by atoms with E-state index in [2.05, 4.69) is 5.32 Å². The van der Waals surface area contributed by atoms with E-state index in [1.807, 2.05) is 12.1 Å². The SMILES string of the molecule is Fc1ccc(NCCOCc2ccco2)cc1.